The van der Waals surface area contributed by atoms with Gasteiger partial charge in [-0.2, -0.15) is 0 Å². The summed E-state index contributed by atoms with van der Waals surface area (Å²) in [5.74, 6) is 0.349. The zero-order chi connectivity index (χ0) is 36.7. The summed E-state index contributed by atoms with van der Waals surface area (Å²) in [4.78, 5) is 0. The van der Waals surface area contributed by atoms with Crippen molar-refractivity contribution in [1.82, 2.24) is 0 Å². The first kappa shape index (κ1) is 32.7. The highest BCUT2D eigenvalue weighted by Crippen LogP contribution is 2.47. The Morgan fingerprint density at radius 2 is 1.09 bits per heavy atom. The second-order valence-corrected chi connectivity index (χ2v) is 14.7. The van der Waals surface area contributed by atoms with Crippen molar-refractivity contribution in [2.24, 2.45) is 5.92 Å². The fraction of sp³-hybridized carbons (Fsp3) is 0.0566. The lowest BCUT2D eigenvalue weighted by molar-refractivity contribution is 0.761. The van der Waals surface area contributed by atoms with Crippen LogP contribution in [0, 0.1) is 5.92 Å². The van der Waals surface area contributed by atoms with Gasteiger partial charge in [-0.05, 0) is 122 Å². The van der Waals surface area contributed by atoms with Crippen molar-refractivity contribution in [3.63, 3.8) is 0 Å². The summed E-state index contributed by atoms with van der Waals surface area (Å²) in [6, 6.07) is 66.1. The number of fused-ring (bicyclic) bond motifs is 8. The molecule has 2 bridgehead atoms. The fourth-order valence-electron chi connectivity index (χ4n) is 8.50. The molecule has 0 fully saturated rings. The highest BCUT2D eigenvalue weighted by atomic mass is 14.9. The van der Waals surface area contributed by atoms with Crippen LogP contribution in [0.5, 0.6) is 0 Å². The van der Waals surface area contributed by atoms with Gasteiger partial charge in [-0.1, -0.05) is 146 Å². The van der Waals surface area contributed by atoms with Crippen molar-refractivity contribution in [1.29, 1.82) is 0 Å². The molecule has 1 aliphatic heterocycles. The third-order valence-corrected chi connectivity index (χ3v) is 11.2. The zero-order valence-electron chi connectivity index (χ0n) is 30.8. The van der Waals surface area contributed by atoms with E-state index in [1.165, 1.54) is 72.0 Å². The Morgan fingerprint density at radius 1 is 0.455 bits per heavy atom. The van der Waals surface area contributed by atoms with Crippen LogP contribution in [-0.2, 0) is 0 Å². The van der Waals surface area contributed by atoms with Gasteiger partial charge in [0.2, 0.25) is 0 Å². The summed E-state index contributed by atoms with van der Waals surface area (Å²) in [6.07, 6.45) is 5.71. The molecule has 2 aliphatic rings. The molecule has 2 heteroatoms. The molecule has 1 aliphatic carbocycles. The largest absolute Gasteiger partial charge is 0.355 e. The first-order valence-electron chi connectivity index (χ1n) is 19.2. The molecular weight excluding hydrogens is 665 g/mol. The summed E-state index contributed by atoms with van der Waals surface area (Å²) in [7, 11) is 0. The van der Waals surface area contributed by atoms with Crippen LogP contribution in [0.2, 0.25) is 0 Å². The fourth-order valence-corrected chi connectivity index (χ4v) is 8.50. The van der Waals surface area contributed by atoms with E-state index in [1.54, 1.807) is 0 Å². The summed E-state index contributed by atoms with van der Waals surface area (Å²) < 4.78 is 0. The van der Waals surface area contributed by atoms with E-state index >= 15 is 0 Å². The molecule has 2 nitrogen and oxygen atoms in total. The second-order valence-electron chi connectivity index (χ2n) is 14.7. The van der Waals surface area contributed by atoms with Gasteiger partial charge in [-0.15, -0.1) is 0 Å². The van der Waals surface area contributed by atoms with Crippen molar-refractivity contribution in [3.8, 4) is 44.5 Å². The molecule has 0 radical (unpaired) electrons. The molecule has 0 saturated carbocycles. The van der Waals surface area contributed by atoms with Gasteiger partial charge in [0.1, 0.15) is 0 Å². The van der Waals surface area contributed by atoms with Crippen LogP contribution in [0.25, 0.3) is 66.4 Å². The average Bonchev–Trinajstić information content (AvgIpc) is 3.24. The maximum absolute atomic E-state index is 3.91. The normalized spacial score (nSPS) is 14.4. The minimum atomic E-state index is 0.349. The summed E-state index contributed by atoms with van der Waals surface area (Å²) in [6.45, 7) is 2.37. The third kappa shape index (κ3) is 6.12. The number of rotatable bonds is 5. The topological polar surface area (TPSA) is 24.1 Å². The number of para-hydroxylation sites is 2. The second kappa shape index (κ2) is 13.8. The molecule has 1 atom stereocenters. The molecule has 1 unspecified atom stereocenters. The SMILES string of the molecule is CC1CC=CC2=C1c1cc(-c3ccccc3)ccc1Nc1ccccc1-c1cc2cc(-c2cccc(-c3ccccc3Nc3cccc4ccccc34)c2)c1. The van der Waals surface area contributed by atoms with Crippen LogP contribution >= 0.6 is 0 Å². The molecule has 0 saturated heterocycles. The van der Waals surface area contributed by atoms with Crippen LogP contribution in [0.3, 0.4) is 0 Å². The zero-order valence-corrected chi connectivity index (χ0v) is 30.8. The van der Waals surface area contributed by atoms with Crippen molar-refractivity contribution in [3.05, 3.63) is 205 Å². The highest BCUT2D eigenvalue weighted by Gasteiger charge is 2.25. The molecule has 1 heterocycles. The Labute approximate surface area is 323 Å². The monoisotopic (exact) mass is 704 g/mol. The van der Waals surface area contributed by atoms with Crippen LogP contribution in [0.1, 0.15) is 24.5 Å². The summed E-state index contributed by atoms with van der Waals surface area (Å²) in [5.41, 5.74) is 19.1. The van der Waals surface area contributed by atoms with E-state index in [-0.39, 0.29) is 0 Å². The Hall–Kier alpha value is -6.90. The number of hydrogen-bond acceptors (Lipinski definition) is 2. The third-order valence-electron chi connectivity index (χ3n) is 11.2. The standard InChI is InChI=1S/C53H40N2/c1-35-14-11-24-47-43-32-41(38-19-12-20-40(30-38)45-22-7-9-25-49(45)54-51-27-13-18-37-17-5-6-21-44(37)51)31-42(33-43)46-23-8-10-26-50(46)55-52-29-28-39(34-48(52)53(35)47)36-15-3-2-4-16-36/h2-13,15-35,54-55H,14H2,1H3. The molecule has 0 amide bonds. The first-order valence-corrected chi connectivity index (χ1v) is 19.2. The molecular formula is C53H40N2. The molecule has 0 spiro atoms. The van der Waals surface area contributed by atoms with E-state index in [9.17, 15) is 0 Å². The Balaban J connectivity index is 1.13. The molecule has 55 heavy (non-hydrogen) atoms. The van der Waals surface area contributed by atoms with Crippen LogP contribution < -0.4 is 10.6 Å². The predicted molar refractivity (Wildman–Crippen MR) is 235 cm³/mol. The van der Waals surface area contributed by atoms with Gasteiger partial charge in [0.25, 0.3) is 0 Å². The Bertz CT molecular complexity index is 2800. The van der Waals surface area contributed by atoms with Crippen LogP contribution in [0.15, 0.2) is 194 Å². The minimum Gasteiger partial charge on any atom is -0.355 e. The lowest BCUT2D eigenvalue weighted by Gasteiger charge is -2.28. The number of anilines is 4. The Morgan fingerprint density at radius 3 is 2.02 bits per heavy atom. The van der Waals surface area contributed by atoms with Crippen LogP contribution in [-0.4, -0.2) is 0 Å². The first-order chi connectivity index (χ1) is 27.2. The van der Waals surface area contributed by atoms with Crippen molar-refractivity contribution < 1.29 is 0 Å². The number of benzene rings is 8. The number of allylic oxidation sites excluding steroid dienone is 4. The lowest BCUT2D eigenvalue weighted by Crippen LogP contribution is -2.09. The molecule has 2 N–H and O–H groups in total. The van der Waals surface area contributed by atoms with Gasteiger partial charge in [-0.25, -0.2) is 0 Å². The lowest BCUT2D eigenvalue weighted by atomic mass is 9.79. The summed E-state index contributed by atoms with van der Waals surface area (Å²) >= 11 is 0. The van der Waals surface area contributed by atoms with Gasteiger partial charge >= 0.3 is 0 Å². The van der Waals surface area contributed by atoms with E-state index in [4.69, 9.17) is 0 Å². The average molecular weight is 705 g/mol. The number of nitrogens with one attached hydrogen (secondary N) is 2. The van der Waals surface area contributed by atoms with Gasteiger partial charge < -0.3 is 10.6 Å². The van der Waals surface area contributed by atoms with E-state index in [0.29, 0.717) is 5.92 Å². The van der Waals surface area contributed by atoms with Crippen molar-refractivity contribution >= 4 is 44.7 Å². The highest BCUT2D eigenvalue weighted by molar-refractivity contribution is 6.04. The van der Waals surface area contributed by atoms with Gasteiger partial charge in [0.05, 0.1) is 0 Å². The Kier molecular flexibility index (Phi) is 8.22. The smallest absolute Gasteiger partial charge is 0.0464 e. The maximum atomic E-state index is 3.91. The van der Waals surface area contributed by atoms with E-state index in [0.717, 1.165) is 34.7 Å². The van der Waals surface area contributed by atoms with E-state index in [1.807, 2.05) is 0 Å². The van der Waals surface area contributed by atoms with Crippen LogP contribution in [0.4, 0.5) is 22.7 Å². The van der Waals surface area contributed by atoms with Crippen molar-refractivity contribution in [2.45, 2.75) is 13.3 Å². The molecule has 8 aromatic rings. The van der Waals surface area contributed by atoms with E-state index in [2.05, 4.69) is 212 Å². The number of hydrogen-bond donors (Lipinski definition) is 2. The summed E-state index contributed by atoms with van der Waals surface area (Å²) in [5, 5.41) is 10.1. The molecule has 8 aromatic carbocycles. The maximum Gasteiger partial charge on any atom is 0.0464 e. The van der Waals surface area contributed by atoms with E-state index < -0.39 is 0 Å². The predicted octanol–water partition coefficient (Wildman–Crippen LogP) is 14.8. The minimum absolute atomic E-state index is 0.349. The van der Waals surface area contributed by atoms with Gasteiger partial charge in [0.15, 0.2) is 0 Å². The molecule has 10 rings (SSSR count). The van der Waals surface area contributed by atoms with Gasteiger partial charge in [-0.3, -0.25) is 0 Å². The van der Waals surface area contributed by atoms with Crippen molar-refractivity contribution in [2.75, 3.05) is 10.6 Å². The quantitative estimate of drug-likeness (QED) is 0.186. The molecule has 262 valence electrons. The molecule has 0 aromatic heterocycles. The van der Waals surface area contributed by atoms with Gasteiger partial charge in [0, 0.05) is 44.8 Å².